The third kappa shape index (κ3) is 1.60. The van der Waals surface area contributed by atoms with Crippen molar-refractivity contribution in [1.82, 2.24) is 4.98 Å². The first-order valence-electron chi connectivity index (χ1n) is 2.58. The maximum absolute atomic E-state index is 5.01. The van der Waals surface area contributed by atoms with Crippen LogP contribution in [0.3, 0.4) is 0 Å². The molecule has 1 heterocycles. The Kier molecular flexibility index (Phi) is 2.91. The normalized spacial score (nSPS) is 9.50. The van der Waals surface area contributed by atoms with E-state index in [-0.39, 0.29) is 0 Å². The summed E-state index contributed by atoms with van der Waals surface area (Å²) >= 11 is 5.55. The Balaban J connectivity index is 3.14. The summed E-state index contributed by atoms with van der Waals surface area (Å²) in [4.78, 5) is 3.95. The molecule has 1 aromatic rings. The Hall–Kier alpha value is 0.160. The molecule has 0 aliphatic rings. The minimum absolute atomic E-state index is 0.770. The van der Waals surface area contributed by atoms with Crippen LogP contribution in [0.25, 0.3) is 0 Å². The molecule has 0 unspecified atom stereocenters. The maximum Gasteiger partial charge on any atom is 0.152 e. The van der Waals surface area contributed by atoms with Gasteiger partial charge in [-0.1, -0.05) is 0 Å². The lowest BCUT2D eigenvalue weighted by molar-refractivity contribution is 0.409. The summed E-state index contributed by atoms with van der Waals surface area (Å²) in [5.41, 5.74) is 0. The summed E-state index contributed by atoms with van der Waals surface area (Å²) in [6.45, 7) is 0. The lowest BCUT2D eigenvalue weighted by atomic mass is 10.5. The van der Waals surface area contributed by atoms with Crippen LogP contribution in [0, 0.1) is 3.57 Å². The minimum atomic E-state index is 0.770. The fourth-order valence-corrected chi connectivity index (χ4v) is 1.34. The monoisotopic (exact) mass is 313 g/mol. The second-order valence-electron chi connectivity index (χ2n) is 1.64. The number of nitrogens with zero attached hydrogens (tertiary/aromatic N) is 1. The Labute approximate surface area is 81.3 Å². The highest BCUT2D eigenvalue weighted by molar-refractivity contribution is 14.1. The van der Waals surface area contributed by atoms with Gasteiger partial charge in [-0.3, -0.25) is 4.98 Å². The summed E-state index contributed by atoms with van der Waals surface area (Å²) in [7, 11) is 1.62. The predicted octanol–water partition coefficient (Wildman–Crippen LogP) is 2.46. The molecule has 0 aliphatic heterocycles. The highest BCUT2D eigenvalue weighted by atomic mass is 127. The van der Waals surface area contributed by atoms with Crippen LogP contribution >= 0.6 is 38.5 Å². The molecule has 4 heteroatoms. The lowest BCUT2D eigenvalue weighted by Gasteiger charge is -2.01. The van der Waals surface area contributed by atoms with Gasteiger partial charge in [-0.05, 0) is 38.5 Å². The van der Waals surface area contributed by atoms with E-state index in [1.54, 1.807) is 19.5 Å². The van der Waals surface area contributed by atoms with Crippen LogP contribution in [0.15, 0.2) is 16.9 Å². The summed E-state index contributed by atoms with van der Waals surface area (Å²) in [5, 5.41) is 0. The van der Waals surface area contributed by atoms with Crippen molar-refractivity contribution in [1.29, 1.82) is 0 Å². The van der Waals surface area contributed by atoms with E-state index in [1.807, 2.05) is 0 Å². The first kappa shape index (κ1) is 8.26. The smallest absolute Gasteiger partial charge is 0.152 e. The zero-order valence-electron chi connectivity index (χ0n) is 5.27. The SMILES string of the molecule is COc1cncc(I)c1Br. The van der Waals surface area contributed by atoms with Crippen molar-refractivity contribution in [2.24, 2.45) is 0 Å². The van der Waals surface area contributed by atoms with E-state index in [2.05, 4.69) is 43.5 Å². The van der Waals surface area contributed by atoms with Gasteiger partial charge in [0.1, 0.15) is 0 Å². The molecule has 10 heavy (non-hydrogen) atoms. The number of methoxy groups -OCH3 is 1. The van der Waals surface area contributed by atoms with Gasteiger partial charge < -0.3 is 4.74 Å². The third-order valence-corrected chi connectivity index (χ3v) is 3.40. The number of halogens is 2. The number of rotatable bonds is 1. The lowest BCUT2D eigenvalue weighted by Crippen LogP contribution is -1.87. The van der Waals surface area contributed by atoms with Gasteiger partial charge in [0.15, 0.2) is 5.75 Å². The van der Waals surface area contributed by atoms with Crippen LogP contribution in [0.4, 0.5) is 0 Å². The topological polar surface area (TPSA) is 22.1 Å². The quantitative estimate of drug-likeness (QED) is 0.743. The molecule has 0 N–H and O–H groups in total. The molecular weight excluding hydrogens is 309 g/mol. The van der Waals surface area contributed by atoms with E-state index >= 15 is 0 Å². The predicted molar refractivity (Wildman–Crippen MR) is 51.2 cm³/mol. The van der Waals surface area contributed by atoms with Crippen LogP contribution in [0.2, 0.25) is 0 Å². The molecule has 2 nitrogen and oxygen atoms in total. The number of pyridine rings is 1. The molecule has 0 aromatic carbocycles. The number of hydrogen-bond donors (Lipinski definition) is 0. The average molecular weight is 314 g/mol. The Morgan fingerprint density at radius 3 is 2.80 bits per heavy atom. The van der Waals surface area contributed by atoms with Crippen LogP contribution in [-0.2, 0) is 0 Å². The van der Waals surface area contributed by atoms with Gasteiger partial charge in [-0.2, -0.15) is 0 Å². The van der Waals surface area contributed by atoms with Crippen LogP contribution in [0.5, 0.6) is 5.75 Å². The Morgan fingerprint density at radius 2 is 2.30 bits per heavy atom. The first-order chi connectivity index (χ1) is 4.75. The third-order valence-electron chi connectivity index (χ3n) is 1.03. The molecule has 1 aromatic heterocycles. The highest BCUT2D eigenvalue weighted by Crippen LogP contribution is 2.27. The zero-order valence-corrected chi connectivity index (χ0v) is 9.01. The van der Waals surface area contributed by atoms with Gasteiger partial charge in [0.2, 0.25) is 0 Å². The fourth-order valence-electron chi connectivity index (χ4n) is 0.544. The number of hydrogen-bond acceptors (Lipinski definition) is 2. The van der Waals surface area contributed by atoms with E-state index < -0.39 is 0 Å². The molecule has 0 fully saturated rings. The van der Waals surface area contributed by atoms with Gasteiger partial charge in [0.05, 0.1) is 17.8 Å². The van der Waals surface area contributed by atoms with Crippen molar-refractivity contribution < 1.29 is 4.74 Å². The highest BCUT2D eigenvalue weighted by Gasteiger charge is 2.01. The van der Waals surface area contributed by atoms with E-state index in [4.69, 9.17) is 4.74 Å². The largest absolute Gasteiger partial charge is 0.494 e. The fraction of sp³-hybridized carbons (Fsp3) is 0.167. The average Bonchev–Trinajstić information content (AvgIpc) is 1.95. The van der Waals surface area contributed by atoms with Crippen molar-refractivity contribution in [3.05, 3.63) is 20.4 Å². The number of aromatic nitrogens is 1. The minimum Gasteiger partial charge on any atom is -0.494 e. The molecule has 0 bridgehead atoms. The summed E-state index contributed by atoms with van der Waals surface area (Å²) in [5.74, 6) is 0.770. The van der Waals surface area contributed by atoms with Gasteiger partial charge in [0.25, 0.3) is 0 Å². The summed E-state index contributed by atoms with van der Waals surface area (Å²) in [6.07, 6.45) is 3.44. The zero-order chi connectivity index (χ0) is 7.56. The molecule has 1 rings (SSSR count). The summed E-state index contributed by atoms with van der Waals surface area (Å²) < 4.78 is 7.03. The van der Waals surface area contributed by atoms with Crippen molar-refractivity contribution in [3.8, 4) is 5.75 Å². The Bertz CT molecular complexity index is 241. The van der Waals surface area contributed by atoms with Gasteiger partial charge in [-0.15, -0.1) is 0 Å². The first-order valence-corrected chi connectivity index (χ1v) is 4.46. The van der Waals surface area contributed by atoms with Crippen LogP contribution in [0.1, 0.15) is 0 Å². The molecule has 0 spiro atoms. The maximum atomic E-state index is 5.01. The van der Waals surface area contributed by atoms with Crippen LogP contribution in [-0.4, -0.2) is 12.1 Å². The number of ether oxygens (including phenoxy) is 1. The van der Waals surface area contributed by atoms with Gasteiger partial charge in [0, 0.05) is 9.77 Å². The molecule has 0 amide bonds. The molecule has 0 atom stereocenters. The van der Waals surface area contributed by atoms with Crippen molar-refractivity contribution >= 4 is 38.5 Å². The van der Waals surface area contributed by atoms with Crippen molar-refractivity contribution in [2.45, 2.75) is 0 Å². The van der Waals surface area contributed by atoms with E-state index in [0.717, 1.165) is 13.8 Å². The Morgan fingerprint density at radius 1 is 1.60 bits per heavy atom. The van der Waals surface area contributed by atoms with E-state index in [9.17, 15) is 0 Å². The molecule has 0 saturated carbocycles. The molecule has 0 aliphatic carbocycles. The second-order valence-corrected chi connectivity index (χ2v) is 3.59. The van der Waals surface area contributed by atoms with E-state index in [0.29, 0.717) is 0 Å². The van der Waals surface area contributed by atoms with Crippen molar-refractivity contribution in [2.75, 3.05) is 7.11 Å². The van der Waals surface area contributed by atoms with E-state index in [1.165, 1.54) is 0 Å². The van der Waals surface area contributed by atoms with Crippen molar-refractivity contribution in [3.63, 3.8) is 0 Å². The molecule has 0 radical (unpaired) electrons. The second kappa shape index (κ2) is 3.52. The summed E-state index contributed by atoms with van der Waals surface area (Å²) in [6, 6.07) is 0. The van der Waals surface area contributed by atoms with Crippen LogP contribution < -0.4 is 4.74 Å². The molecular formula is C6H5BrINO. The molecule has 54 valence electrons. The molecule has 0 saturated heterocycles. The standard InChI is InChI=1S/C6H5BrINO/c1-10-5-3-9-2-4(8)6(5)7/h2-3H,1H3. The van der Waals surface area contributed by atoms with Gasteiger partial charge in [-0.25, -0.2) is 0 Å². The van der Waals surface area contributed by atoms with Gasteiger partial charge >= 0.3 is 0 Å².